The van der Waals surface area contributed by atoms with Crippen molar-refractivity contribution < 1.29 is 24.9 Å². The first-order valence-corrected chi connectivity index (χ1v) is 5.57. The lowest BCUT2D eigenvalue weighted by atomic mass is 10.1. The quantitative estimate of drug-likeness (QED) is 0.607. The Kier molecular flexibility index (Phi) is 4.71. The molecule has 0 aromatic heterocycles. The summed E-state index contributed by atoms with van der Waals surface area (Å²) in [5.74, 6) is -1.46. The number of likely N-dealkylation sites (N-methyl/N-ethyl adjacent to an activating group) is 1. The molecule has 19 heavy (non-hydrogen) atoms. The molecular formula is C12H16N2O5. The highest BCUT2D eigenvalue weighted by Gasteiger charge is 2.18. The molecule has 0 saturated carbocycles. The molecule has 2 amide bonds. The van der Waals surface area contributed by atoms with Crippen LogP contribution in [0.2, 0.25) is 0 Å². The Morgan fingerprint density at radius 1 is 1.42 bits per heavy atom. The summed E-state index contributed by atoms with van der Waals surface area (Å²) in [5.41, 5.74) is -0.134. The predicted molar refractivity (Wildman–Crippen MR) is 68.4 cm³/mol. The molecule has 4 N–H and O–H groups in total. The van der Waals surface area contributed by atoms with E-state index in [4.69, 9.17) is 10.2 Å². The largest absolute Gasteiger partial charge is 0.508 e. The lowest BCUT2D eigenvalue weighted by molar-refractivity contribution is 0.0697. The van der Waals surface area contributed by atoms with Gasteiger partial charge in [-0.25, -0.2) is 9.59 Å². The molecule has 0 saturated heterocycles. The topological polar surface area (TPSA) is 110 Å². The number of phenols is 1. The molecule has 1 atom stereocenters. The summed E-state index contributed by atoms with van der Waals surface area (Å²) in [7, 11) is 1.48. The molecule has 0 spiro atoms. The number of nitrogens with one attached hydrogen (secondary N) is 1. The van der Waals surface area contributed by atoms with Crippen molar-refractivity contribution in [3.63, 3.8) is 0 Å². The molecule has 1 rings (SSSR count). The summed E-state index contributed by atoms with van der Waals surface area (Å²) in [6.45, 7) is 1.44. The fraction of sp³-hybridized carbons (Fsp3) is 0.333. The van der Waals surface area contributed by atoms with Crippen LogP contribution in [0.25, 0.3) is 0 Å². The minimum absolute atomic E-state index is 0.0762. The van der Waals surface area contributed by atoms with Gasteiger partial charge in [0.2, 0.25) is 0 Å². The Labute approximate surface area is 110 Å². The second-order valence-corrected chi connectivity index (χ2v) is 4.11. The lowest BCUT2D eigenvalue weighted by Gasteiger charge is -2.23. The van der Waals surface area contributed by atoms with Gasteiger partial charge in [-0.3, -0.25) is 0 Å². The van der Waals surface area contributed by atoms with E-state index >= 15 is 0 Å². The molecule has 7 heteroatoms. The zero-order valence-electron chi connectivity index (χ0n) is 10.6. The number of anilines is 1. The molecule has 0 fully saturated rings. The van der Waals surface area contributed by atoms with Crippen LogP contribution in [0, 0.1) is 0 Å². The Hall–Kier alpha value is -2.28. The number of carbonyl (C=O) groups excluding carboxylic acids is 1. The summed E-state index contributed by atoms with van der Waals surface area (Å²) in [5, 5.41) is 29.6. The molecule has 7 nitrogen and oxygen atoms in total. The van der Waals surface area contributed by atoms with Gasteiger partial charge in [-0.05, 0) is 25.1 Å². The Morgan fingerprint density at radius 2 is 2.05 bits per heavy atom. The first kappa shape index (κ1) is 14.8. The summed E-state index contributed by atoms with van der Waals surface area (Å²) in [6.07, 6.45) is 0. The van der Waals surface area contributed by atoms with Crippen molar-refractivity contribution in [3.8, 4) is 5.75 Å². The first-order valence-electron chi connectivity index (χ1n) is 5.57. The number of aliphatic hydroxyl groups is 1. The van der Waals surface area contributed by atoms with Crippen LogP contribution in [0.4, 0.5) is 10.5 Å². The van der Waals surface area contributed by atoms with Crippen LogP contribution in [0.1, 0.15) is 17.3 Å². The van der Waals surface area contributed by atoms with Crippen LogP contribution in [0.15, 0.2) is 18.2 Å². The van der Waals surface area contributed by atoms with E-state index in [2.05, 4.69) is 5.32 Å². The van der Waals surface area contributed by atoms with Crippen LogP contribution in [0.3, 0.4) is 0 Å². The van der Waals surface area contributed by atoms with Crippen molar-refractivity contribution in [1.29, 1.82) is 0 Å². The Bertz CT molecular complexity index is 489. The first-order chi connectivity index (χ1) is 8.86. The van der Waals surface area contributed by atoms with Gasteiger partial charge in [0, 0.05) is 7.05 Å². The standard InChI is InChI=1S/C12H16N2O5/c1-7(6-15)14(2)12(19)13-10-4-3-8(16)5-9(10)11(17)18/h3-5,7,15-16H,6H2,1-2H3,(H,13,19)(H,17,18). The second kappa shape index (κ2) is 6.05. The highest BCUT2D eigenvalue weighted by Crippen LogP contribution is 2.21. The predicted octanol–water partition coefficient (Wildman–Crippen LogP) is 0.935. The monoisotopic (exact) mass is 268 g/mol. The summed E-state index contributed by atoms with van der Waals surface area (Å²) < 4.78 is 0. The SMILES string of the molecule is CC(CO)N(C)C(=O)Nc1ccc(O)cc1C(=O)O. The number of carboxylic acids is 1. The van der Waals surface area contributed by atoms with Crippen molar-refractivity contribution >= 4 is 17.7 Å². The molecule has 0 aliphatic heterocycles. The fourth-order valence-corrected chi connectivity index (χ4v) is 1.34. The molecule has 0 heterocycles. The molecule has 0 aliphatic rings. The van der Waals surface area contributed by atoms with Gasteiger partial charge in [-0.2, -0.15) is 0 Å². The highest BCUT2D eigenvalue weighted by molar-refractivity contribution is 6.00. The number of benzene rings is 1. The third kappa shape index (κ3) is 3.59. The van der Waals surface area contributed by atoms with Crippen LogP contribution in [-0.2, 0) is 0 Å². The van der Waals surface area contributed by atoms with E-state index in [1.54, 1.807) is 6.92 Å². The summed E-state index contributed by atoms with van der Waals surface area (Å²) in [4.78, 5) is 24.1. The van der Waals surface area contributed by atoms with E-state index in [1.807, 2.05) is 0 Å². The maximum Gasteiger partial charge on any atom is 0.337 e. The zero-order chi connectivity index (χ0) is 14.6. The smallest absolute Gasteiger partial charge is 0.337 e. The zero-order valence-corrected chi connectivity index (χ0v) is 10.6. The van der Waals surface area contributed by atoms with Crippen LogP contribution in [-0.4, -0.2) is 51.9 Å². The number of amides is 2. The summed E-state index contributed by atoms with van der Waals surface area (Å²) >= 11 is 0. The molecule has 0 radical (unpaired) electrons. The van der Waals surface area contributed by atoms with E-state index < -0.39 is 18.0 Å². The minimum atomic E-state index is -1.26. The average Bonchev–Trinajstić information content (AvgIpc) is 2.38. The number of nitrogens with zero attached hydrogens (tertiary/aromatic N) is 1. The number of hydrogen-bond donors (Lipinski definition) is 4. The van der Waals surface area contributed by atoms with E-state index in [-0.39, 0.29) is 23.6 Å². The van der Waals surface area contributed by atoms with E-state index in [0.29, 0.717) is 0 Å². The number of aliphatic hydroxyl groups excluding tert-OH is 1. The number of urea groups is 1. The van der Waals surface area contributed by atoms with Crippen LogP contribution >= 0.6 is 0 Å². The van der Waals surface area contributed by atoms with Crippen molar-refractivity contribution in [2.24, 2.45) is 0 Å². The van der Waals surface area contributed by atoms with Gasteiger partial charge in [0.1, 0.15) is 5.75 Å². The van der Waals surface area contributed by atoms with Gasteiger partial charge < -0.3 is 25.5 Å². The number of carboxylic acid groups (broad SMARTS) is 1. The number of aromatic carboxylic acids is 1. The molecule has 1 aromatic rings. The molecular weight excluding hydrogens is 252 g/mol. The molecule has 1 unspecified atom stereocenters. The molecule has 104 valence electrons. The fourth-order valence-electron chi connectivity index (χ4n) is 1.34. The Morgan fingerprint density at radius 3 is 2.58 bits per heavy atom. The maximum absolute atomic E-state index is 11.8. The van der Waals surface area contributed by atoms with E-state index in [0.717, 1.165) is 6.07 Å². The Balaban J connectivity index is 2.94. The number of phenolic OH excluding ortho intramolecular Hbond substituents is 1. The van der Waals surface area contributed by atoms with Crippen LogP contribution < -0.4 is 5.32 Å². The van der Waals surface area contributed by atoms with Gasteiger partial charge in [-0.1, -0.05) is 0 Å². The lowest BCUT2D eigenvalue weighted by Crippen LogP contribution is -2.40. The van der Waals surface area contributed by atoms with E-state index in [1.165, 1.54) is 24.1 Å². The van der Waals surface area contributed by atoms with E-state index in [9.17, 15) is 14.7 Å². The van der Waals surface area contributed by atoms with Gasteiger partial charge in [-0.15, -0.1) is 0 Å². The number of aromatic hydroxyl groups is 1. The molecule has 0 bridgehead atoms. The van der Waals surface area contributed by atoms with Gasteiger partial charge in [0.05, 0.1) is 23.9 Å². The number of hydrogen-bond acceptors (Lipinski definition) is 4. The van der Waals surface area contributed by atoms with Gasteiger partial charge >= 0.3 is 12.0 Å². The second-order valence-electron chi connectivity index (χ2n) is 4.11. The average molecular weight is 268 g/mol. The van der Waals surface area contributed by atoms with Gasteiger partial charge in [0.15, 0.2) is 0 Å². The van der Waals surface area contributed by atoms with Crippen molar-refractivity contribution in [2.75, 3.05) is 19.0 Å². The number of carbonyl (C=O) groups is 2. The van der Waals surface area contributed by atoms with Gasteiger partial charge in [0.25, 0.3) is 0 Å². The summed E-state index contributed by atoms with van der Waals surface area (Å²) in [6, 6.07) is 2.68. The van der Waals surface area contributed by atoms with Crippen molar-refractivity contribution in [2.45, 2.75) is 13.0 Å². The number of rotatable bonds is 4. The van der Waals surface area contributed by atoms with Crippen molar-refractivity contribution in [3.05, 3.63) is 23.8 Å². The van der Waals surface area contributed by atoms with Crippen molar-refractivity contribution in [1.82, 2.24) is 4.90 Å². The third-order valence-corrected chi connectivity index (χ3v) is 2.72. The third-order valence-electron chi connectivity index (χ3n) is 2.72. The maximum atomic E-state index is 11.8. The molecule has 1 aromatic carbocycles. The molecule has 0 aliphatic carbocycles. The highest BCUT2D eigenvalue weighted by atomic mass is 16.4. The normalized spacial score (nSPS) is 11.7. The minimum Gasteiger partial charge on any atom is -0.508 e. The van der Waals surface area contributed by atoms with Crippen LogP contribution in [0.5, 0.6) is 5.75 Å².